The molecule has 0 spiro atoms. The molecule has 0 saturated heterocycles. The van der Waals surface area contributed by atoms with Crippen molar-refractivity contribution in [1.82, 2.24) is 15.5 Å². The van der Waals surface area contributed by atoms with E-state index >= 15 is 0 Å². The summed E-state index contributed by atoms with van der Waals surface area (Å²) in [5.74, 6) is 0.661. The number of hydrogen-bond acceptors (Lipinski definition) is 5. The second-order valence-electron chi connectivity index (χ2n) is 3.75. The quantitative estimate of drug-likeness (QED) is 0.732. The van der Waals surface area contributed by atoms with Crippen molar-refractivity contribution in [2.45, 2.75) is 40.2 Å². The first-order valence-corrected chi connectivity index (χ1v) is 6.09. The molecule has 92 valence electrons. The summed E-state index contributed by atoms with van der Waals surface area (Å²) in [5, 5.41) is 11.3. The van der Waals surface area contributed by atoms with Crippen molar-refractivity contribution in [2.75, 3.05) is 24.5 Å². The van der Waals surface area contributed by atoms with Crippen molar-refractivity contribution < 1.29 is 4.42 Å². The normalized spacial score (nSPS) is 10.7. The van der Waals surface area contributed by atoms with Gasteiger partial charge >= 0.3 is 6.01 Å². The third-order valence-corrected chi connectivity index (χ3v) is 2.24. The van der Waals surface area contributed by atoms with Gasteiger partial charge in [0.05, 0.1) is 6.54 Å². The van der Waals surface area contributed by atoms with E-state index in [1.54, 1.807) is 0 Å². The van der Waals surface area contributed by atoms with Gasteiger partial charge in [-0.1, -0.05) is 25.9 Å². The van der Waals surface area contributed by atoms with Gasteiger partial charge in [0.1, 0.15) is 0 Å². The van der Waals surface area contributed by atoms with Crippen LogP contribution in [0.4, 0.5) is 6.01 Å². The maximum atomic E-state index is 5.59. The van der Waals surface area contributed by atoms with E-state index < -0.39 is 0 Å². The number of nitrogens with one attached hydrogen (secondary N) is 1. The zero-order valence-electron chi connectivity index (χ0n) is 10.5. The van der Waals surface area contributed by atoms with Gasteiger partial charge in [-0.3, -0.25) is 0 Å². The average Bonchev–Trinajstić information content (AvgIpc) is 2.74. The summed E-state index contributed by atoms with van der Waals surface area (Å²) in [6, 6.07) is 0.650. The summed E-state index contributed by atoms with van der Waals surface area (Å²) in [6.45, 7) is 9.85. The lowest BCUT2D eigenvalue weighted by molar-refractivity contribution is 0.462. The largest absolute Gasteiger partial charge is 0.407 e. The van der Waals surface area contributed by atoms with Gasteiger partial charge in [-0.2, -0.15) is 0 Å². The Kier molecular flexibility index (Phi) is 5.85. The Morgan fingerprint density at radius 2 is 1.81 bits per heavy atom. The smallest absolute Gasteiger partial charge is 0.318 e. The van der Waals surface area contributed by atoms with Crippen molar-refractivity contribution in [2.24, 2.45) is 0 Å². The first kappa shape index (κ1) is 13.0. The van der Waals surface area contributed by atoms with Crippen LogP contribution < -0.4 is 10.2 Å². The van der Waals surface area contributed by atoms with Crippen LogP contribution in [0.15, 0.2) is 4.42 Å². The molecular formula is C11H22N4O. The lowest BCUT2D eigenvalue weighted by Crippen LogP contribution is -2.25. The minimum absolute atomic E-state index is 0.648. The highest BCUT2D eigenvalue weighted by Gasteiger charge is 2.12. The molecule has 1 rings (SSSR count). The SMILES string of the molecule is CCCN(CCC)c1nnc(CNCC)o1. The monoisotopic (exact) mass is 226 g/mol. The van der Waals surface area contributed by atoms with E-state index in [0.29, 0.717) is 18.5 Å². The molecule has 5 heteroatoms. The fourth-order valence-electron chi connectivity index (χ4n) is 1.52. The van der Waals surface area contributed by atoms with Crippen molar-refractivity contribution in [3.8, 4) is 0 Å². The maximum absolute atomic E-state index is 5.59. The molecule has 0 aliphatic heterocycles. The molecule has 1 heterocycles. The van der Waals surface area contributed by atoms with Crippen LogP contribution in [0.25, 0.3) is 0 Å². The molecule has 0 aliphatic rings. The molecule has 16 heavy (non-hydrogen) atoms. The molecular weight excluding hydrogens is 204 g/mol. The summed E-state index contributed by atoms with van der Waals surface area (Å²) in [5.41, 5.74) is 0. The van der Waals surface area contributed by atoms with Crippen LogP contribution in [0.2, 0.25) is 0 Å². The lowest BCUT2D eigenvalue weighted by atomic mass is 10.4. The number of rotatable bonds is 8. The van der Waals surface area contributed by atoms with Crippen LogP contribution in [-0.4, -0.2) is 29.8 Å². The minimum atomic E-state index is 0.648. The highest BCUT2D eigenvalue weighted by Crippen LogP contribution is 2.12. The van der Waals surface area contributed by atoms with Crippen molar-refractivity contribution in [3.05, 3.63) is 5.89 Å². The van der Waals surface area contributed by atoms with Gasteiger partial charge in [0, 0.05) is 13.1 Å². The Morgan fingerprint density at radius 3 is 2.38 bits per heavy atom. The Labute approximate surface area is 97.2 Å². The molecule has 0 radical (unpaired) electrons. The number of nitrogens with zero attached hydrogens (tertiary/aromatic N) is 3. The van der Waals surface area contributed by atoms with E-state index in [1.807, 2.05) is 0 Å². The van der Waals surface area contributed by atoms with Crippen LogP contribution in [-0.2, 0) is 6.54 Å². The maximum Gasteiger partial charge on any atom is 0.318 e. The van der Waals surface area contributed by atoms with Gasteiger partial charge in [-0.15, -0.1) is 5.10 Å². The van der Waals surface area contributed by atoms with Crippen LogP contribution in [0.5, 0.6) is 0 Å². The van der Waals surface area contributed by atoms with Gasteiger partial charge in [0.15, 0.2) is 0 Å². The molecule has 0 unspecified atom stereocenters. The lowest BCUT2D eigenvalue weighted by Gasteiger charge is -2.17. The summed E-state index contributed by atoms with van der Waals surface area (Å²) in [7, 11) is 0. The predicted octanol–water partition coefficient (Wildman–Crippen LogP) is 1.81. The molecule has 1 N–H and O–H groups in total. The number of hydrogen-bond donors (Lipinski definition) is 1. The van der Waals surface area contributed by atoms with Crippen molar-refractivity contribution in [1.29, 1.82) is 0 Å². The first-order valence-electron chi connectivity index (χ1n) is 6.09. The van der Waals surface area contributed by atoms with E-state index in [0.717, 1.165) is 32.5 Å². The molecule has 5 nitrogen and oxygen atoms in total. The fraction of sp³-hybridized carbons (Fsp3) is 0.818. The van der Waals surface area contributed by atoms with Gasteiger partial charge in [0.2, 0.25) is 5.89 Å². The minimum Gasteiger partial charge on any atom is -0.407 e. The highest BCUT2D eigenvalue weighted by molar-refractivity contribution is 5.23. The van der Waals surface area contributed by atoms with Gasteiger partial charge in [-0.05, 0) is 19.4 Å². The Balaban J connectivity index is 2.58. The first-order chi connectivity index (χ1) is 7.81. The Hall–Kier alpha value is -1.10. The molecule has 1 aromatic rings. The number of aromatic nitrogens is 2. The zero-order valence-corrected chi connectivity index (χ0v) is 10.5. The van der Waals surface area contributed by atoms with Crippen molar-refractivity contribution >= 4 is 6.01 Å². The molecule has 1 aromatic heterocycles. The molecule has 0 bridgehead atoms. The fourth-order valence-corrected chi connectivity index (χ4v) is 1.52. The third kappa shape index (κ3) is 3.81. The summed E-state index contributed by atoms with van der Waals surface area (Å²) < 4.78 is 5.59. The predicted molar refractivity (Wildman–Crippen MR) is 64.5 cm³/mol. The molecule has 0 saturated carbocycles. The Morgan fingerprint density at radius 1 is 1.12 bits per heavy atom. The zero-order chi connectivity index (χ0) is 11.8. The van der Waals surface area contributed by atoms with E-state index in [2.05, 4.69) is 41.2 Å². The van der Waals surface area contributed by atoms with E-state index in [9.17, 15) is 0 Å². The van der Waals surface area contributed by atoms with Crippen molar-refractivity contribution in [3.63, 3.8) is 0 Å². The highest BCUT2D eigenvalue weighted by atomic mass is 16.4. The van der Waals surface area contributed by atoms with E-state index in [1.165, 1.54) is 0 Å². The van der Waals surface area contributed by atoms with Crippen LogP contribution in [0.1, 0.15) is 39.5 Å². The molecule has 0 aromatic carbocycles. The summed E-state index contributed by atoms with van der Waals surface area (Å²) in [6.07, 6.45) is 2.18. The molecule has 0 aliphatic carbocycles. The van der Waals surface area contributed by atoms with Crippen LogP contribution in [0.3, 0.4) is 0 Å². The van der Waals surface area contributed by atoms with E-state index in [4.69, 9.17) is 4.42 Å². The van der Waals surface area contributed by atoms with Gasteiger partial charge in [-0.25, -0.2) is 0 Å². The standard InChI is InChI=1S/C11H22N4O/c1-4-7-15(8-5-2)11-14-13-10(16-11)9-12-6-3/h12H,4-9H2,1-3H3. The average molecular weight is 226 g/mol. The molecule has 0 atom stereocenters. The summed E-state index contributed by atoms with van der Waals surface area (Å²) in [4.78, 5) is 2.14. The van der Waals surface area contributed by atoms with Crippen LogP contribution >= 0.6 is 0 Å². The summed E-state index contributed by atoms with van der Waals surface area (Å²) >= 11 is 0. The van der Waals surface area contributed by atoms with Gasteiger partial charge in [0.25, 0.3) is 0 Å². The second kappa shape index (κ2) is 7.22. The third-order valence-electron chi connectivity index (χ3n) is 2.24. The molecule has 0 amide bonds. The van der Waals surface area contributed by atoms with Gasteiger partial charge < -0.3 is 14.6 Å². The molecule has 0 fully saturated rings. The van der Waals surface area contributed by atoms with Crippen LogP contribution in [0, 0.1) is 0 Å². The number of anilines is 1. The van der Waals surface area contributed by atoms with E-state index in [-0.39, 0.29) is 0 Å². The topological polar surface area (TPSA) is 54.2 Å². The Bertz CT molecular complexity index is 281. The second-order valence-corrected chi connectivity index (χ2v) is 3.75.